The molecule has 36 heavy (non-hydrogen) atoms. The SMILES string of the molecule is CCCCI.CCCCN(CCCC)CCCC.CCCC[N+](CCCC)(CCCC)CCCC.[I-]. The van der Waals surface area contributed by atoms with Crippen LogP contribution < -0.4 is 24.0 Å². The van der Waals surface area contributed by atoms with E-state index >= 15 is 0 Å². The highest BCUT2D eigenvalue weighted by atomic mass is 127. The molecule has 0 N–H and O–H groups in total. The molecule has 0 bridgehead atoms. The van der Waals surface area contributed by atoms with Gasteiger partial charge in [0.15, 0.2) is 0 Å². The van der Waals surface area contributed by atoms with Crippen LogP contribution in [0.25, 0.3) is 0 Å². The van der Waals surface area contributed by atoms with E-state index in [0.717, 1.165) is 0 Å². The molecule has 0 aliphatic heterocycles. The Morgan fingerprint density at radius 2 is 0.667 bits per heavy atom. The molecule has 0 unspecified atom stereocenters. The first kappa shape index (κ1) is 44.4. The number of halogens is 2. The number of quaternary nitrogens is 1. The molecule has 0 atom stereocenters. The molecular weight excluding hydrogens is 666 g/mol. The van der Waals surface area contributed by atoms with Gasteiger partial charge in [-0.25, -0.2) is 0 Å². The average Bonchev–Trinajstić information content (AvgIpc) is 2.88. The van der Waals surface area contributed by atoms with E-state index < -0.39 is 0 Å². The summed E-state index contributed by atoms with van der Waals surface area (Å²) in [4.78, 5) is 2.64. The Balaban J connectivity index is -0.000000239. The number of rotatable bonds is 23. The Morgan fingerprint density at radius 1 is 0.417 bits per heavy atom. The first-order chi connectivity index (χ1) is 17.0. The standard InChI is InChI=1S/C16H36N.C12H27N.C4H9I.HI/c1-5-9-13-17(14-10-6-2,15-11-7-3)16-12-8-4;1-4-7-10-13(11-8-5-2)12-9-6-3;1-2-3-4-5;/h5-16H2,1-4H3;4-12H2,1-3H3;2-4H2,1H3;1H/q+1;;;/p-1. The first-order valence-electron chi connectivity index (χ1n) is 16.1. The molecule has 0 aliphatic rings. The lowest BCUT2D eigenvalue weighted by molar-refractivity contribution is -0.929. The summed E-state index contributed by atoms with van der Waals surface area (Å²) in [6, 6.07) is 0. The Bertz CT molecular complexity index is 295. The third-order valence-corrected chi connectivity index (χ3v) is 7.68. The van der Waals surface area contributed by atoms with Crippen molar-refractivity contribution in [3.05, 3.63) is 0 Å². The van der Waals surface area contributed by atoms with Crippen LogP contribution in [0.1, 0.15) is 158 Å². The van der Waals surface area contributed by atoms with Gasteiger partial charge in [0.25, 0.3) is 0 Å². The number of nitrogens with zero attached hydrogens (tertiary/aromatic N) is 2. The summed E-state index contributed by atoms with van der Waals surface area (Å²) in [5.74, 6) is 0. The summed E-state index contributed by atoms with van der Waals surface area (Å²) in [6.07, 6.45) is 21.9. The van der Waals surface area contributed by atoms with Crippen molar-refractivity contribution in [1.29, 1.82) is 0 Å². The van der Waals surface area contributed by atoms with Gasteiger partial charge in [0.1, 0.15) is 0 Å². The number of hydrogen-bond acceptors (Lipinski definition) is 1. The minimum atomic E-state index is 0. The molecule has 0 aliphatic carbocycles. The Hall–Kier alpha value is 1.38. The van der Waals surface area contributed by atoms with Gasteiger partial charge in [0.2, 0.25) is 0 Å². The number of alkyl halides is 1. The molecule has 2 nitrogen and oxygen atoms in total. The van der Waals surface area contributed by atoms with E-state index in [2.05, 4.69) is 82.9 Å². The van der Waals surface area contributed by atoms with E-state index in [4.69, 9.17) is 0 Å². The van der Waals surface area contributed by atoms with Crippen LogP contribution in [-0.2, 0) is 0 Å². The van der Waals surface area contributed by atoms with Gasteiger partial charge in [-0.2, -0.15) is 0 Å². The second-order valence-electron chi connectivity index (χ2n) is 10.6. The quantitative estimate of drug-likeness (QED) is 0.0586. The highest BCUT2D eigenvalue weighted by Gasteiger charge is 2.24. The van der Waals surface area contributed by atoms with E-state index in [1.165, 1.54) is 157 Å². The van der Waals surface area contributed by atoms with Crippen molar-refractivity contribution < 1.29 is 28.5 Å². The largest absolute Gasteiger partial charge is 1.00 e. The first-order valence-corrected chi connectivity index (χ1v) is 17.7. The molecule has 0 radical (unpaired) electrons. The maximum atomic E-state index is 2.64. The average molecular weight is 739 g/mol. The van der Waals surface area contributed by atoms with Gasteiger partial charge in [-0.05, 0) is 75.4 Å². The van der Waals surface area contributed by atoms with Gasteiger partial charge in [-0.3, -0.25) is 0 Å². The van der Waals surface area contributed by atoms with E-state index in [0.29, 0.717) is 0 Å². The molecule has 0 heterocycles. The summed E-state index contributed by atoms with van der Waals surface area (Å²) in [5, 5.41) is 0. The van der Waals surface area contributed by atoms with E-state index in [9.17, 15) is 0 Å². The van der Waals surface area contributed by atoms with Crippen LogP contribution in [0.15, 0.2) is 0 Å². The van der Waals surface area contributed by atoms with Crippen molar-refractivity contribution in [2.75, 3.05) is 50.2 Å². The highest BCUT2D eigenvalue weighted by Crippen LogP contribution is 2.16. The summed E-state index contributed by atoms with van der Waals surface area (Å²) >= 11 is 2.39. The topological polar surface area (TPSA) is 3.24 Å². The van der Waals surface area contributed by atoms with Gasteiger partial charge in [0, 0.05) is 0 Å². The van der Waals surface area contributed by atoms with Crippen LogP contribution in [-0.4, -0.2) is 59.6 Å². The van der Waals surface area contributed by atoms with Crippen LogP contribution in [0.5, 0.6) is 0 Å². The summed E-state index contributed by atoms with van der Waals surface area (Å²) < 4.78 is 2.73. The smallest absolute Gasteiger partial charge is 0.0786 e. The number of hydrogen-bond donors (Lipinski definition) is 0. The molecule has 0 spiro atoms. The molecule has 0 aromatic carbocycles. The molecular formula is C32H72I2N2. The second-order valence-corrected chi connectivity index (χ2v) is 11.7. The van der Waals surface area contributed by atoms with Gasteiger partial charge in [0.05, 0.1) is 26.2 Å². The summed E-state index contributed by atoms with van der Waals surface area (Å²) in [7, 11) is 0. The van der Waals surface area contributed by atoms with Crippen LogP contribution in [0.2, 0.25) is 0 Å². The molecule has 0 aromatic rings. The van der Waals surface area contributed by atoms with Gasteiger partial charge < -0.3 is 33.4 Å². The molecule has 0 fully saturated rings. The Morgan fingerprint density at radius 3 is 0.833 bits per heavy atom. The Labute approximate surface area is 262 Å². The fraction of sp³-hybridized carbons (Fsp3) is 1.00. The lowest BCUT2D eigenvalue weighted by atomic mass is 10.1. The third kappa shape index (κ3) is 33.4. The summed E-state index contributed by atoms with van der Waals surface area (Å²) in [6.45, 7) is 28.0. The molecule has 224 valence electrons. The normalized spacial score (nSPS) is 10.8. The molecule has 0 saturated carbocycles. The lowest BCUT2D eigenvalue weighted by Crippen LogP contribution is -3.00. The number of unbranched alkanes of at least 4 members (excludes halogenated alkanes) is 8. The molecule has 0 saturated heterocycles. The van der Waals surface area contributed by atoms with Crippen molar-refractivity contribution in [2.24, 2.45) is 0 Å². The van der Waals surface area contributed by atoms with E-state index in [-0.39, 0.29) is 24.0 Å². The predicted molar refractivity (Wildman–Crippen MR) is 174 cm³/mol. The van der Waals surface area contributed by atoms with Crippen LogP contribution in [0.4, 0.5) is 0 Å². The van der Waals surface area contributed by atoms with Crippen LogP contribution >= 0.6 is 22.6 Å². The van der Waals surface area contributed by atoms with Crippen molar-refractivity contribution in [3.8, 4) is 0 Å². The van der Waals surface area contributed by atoms with Crippen LogP contribution in [0.3, 0.4) is 0 Å². The fourth-order valence-electron chi connectivity index (χ4n) is 4.26. The molecule has 0 aromatic heterocycles. The zero-order valence-corrected chi connectivity index (χ0v) is 30.9. The van der Waals surface area contributed by atoms with Gasteiger partial charge in [-0.15, -0.1) is 0 Å². The molecule has 4 heteroatoms. The second kappa shape index (κ2) is 38.5. The van der Waals surface area contributed by atoms with Crippen molar-refractivity contribution in [2.45, 2.75) is 158 Å². The molecule has 0 amide bonds. The van der Waals surface area contributed by atoms with Gasteiger partial charge in [-0.1, -0.05) is 129 Å². The predicted octanol–water partition coefficient (Wildman–Crippen LogP) is 7.92. The van der Waals surface area contributed by atoms with E-state index in [1.807, 2.05) is 0 Å². The zero-order chi connectivity index (χ0) is 27.0. The monoisotopic (exact) mass is 738 g/mol. The maximum absolute atomic E-state index is 2.64. The van der Waals surface area contributed by atoms with Gasteiger partial charge >= 0.3 is 0 Å². The van der Waals surface area contributed by atoms with E-state index in [1.54, 1.807) is 0 Å². The van der Waals surface area contributed by atoms with Crippen molar-refractivity contribution in [3.63, 3.8) is 0 Å². The highest BCUT2D eigenvalue weighted by molar-refractivity contribution is 14.1. The Kier molecular flexibility index (Phi) is 47.5. The maximum Gasteiger partial charge on any atom is 0.0786 e. The zero-order valence-electron chi connectivity index (χ0n) is 26.6. The minimum absolute atomic E-state index is 0. The molecule has 0 rings (SSSR count). The third-order valence-electron chi connectivity index (χ3n) is 6.91. The van der Waals surface area contributed by atoms with Crippen molar-refractivity contribution >= 4 is 22.6 Å². The summed E-state index contributed by atoms with van der Waals surface area (Å²) in [5.41, 5.74) is 0. The fourth-order valence-corrected chi connectivity index (χ4v) is 5.02. The minimum Gasteiger partial charge on any atom is -1.00 e. The lowest BCUT2D eigenvalue weighted by Gasteiger charge is -2.39. The van der Waals surface area contributed by atoms with Crippen molar-refractivity contribution in [1.82, 2.24) is 4.90 Å². The van der Waals surface area contributed by atoms with Crippen LogP contribution in [0, 0.1) is 0 Å².